The first kappa shape index (κ1) is 11.9. The van der Waals surface area contributed by atoms with Gasteiger partial charge >= 0.3 is 0 Å². The zero-order valence-electron chi connectivity index (χ0n) is 10.6. The molecular formula is C13H24N2O. The normalized spacial score (nSPS) is 27.7. The summed E-state index contributed by atoms with van der Waals surface area (Å²) in [6, 6.07) is 0.642. The van der Waals surface area contributed by atoms with Crippen molar-refractivity contribution < 1.29 is 4.79 Å². The maximum absolute atomic E-state index is 11.9. The fourth-order valence-corrected chi connectivity index (χ4v) is 2.89. The number of carbonyl (C=O) groups is 1. The predicted molar refractivity (Wildman–Crippen MR) is 65.2 cm³/mol. The Balaban J connectivity index is 1.85. The van der Waals surface area contributed by atoms with Gasteiger partial charge in [-0.15, -0.1) is 0 Å². The molecule has 0 saturated carbocycles. The summed E-state index contributed by atoms with van der Waals surface area (Å²) in [6.45, 7) is 8.42. The molecule has 2 rings (SSSR count). The van der Waals surface area contributed by atoms with Gasteiger partial charge in [-0.1, -0.05) is 20.3 Å². The maximum atomic E-state index is 11.9. The third-order valence-corrected chi connectivity index (χ3v) is 3.88. The van der Waals surface area contributed by atoms with Crippen molar-refractivity contribution in [2.45, 2.75) is 45.6 Å². The van der Waals surface area contributed by atoms with E-state index < -0.39 is 0 Å². The van der Waals surface area contributed by atoms with E-state index >= 15 is 0 Å². The van der Waals surface area contributed by atoms with Gasteiger partial charge < -0.3 is 4.90 Å². The van der Waals surface area contributed by atoms with Crippen molar-refractivity contribution >= 4 is 5.91 Å². The minimum atomic E-state index is 0.153. The average molecular weight is 224 g/mol. The molecule has 3 heteroatoms. The third kappa shape index (κ3) is 2.57. The van der Waals surface area contributed by atoms with E-state index in [9.17, 15) is 4.79 Å². The summed E-state index contributed by atoms with van der Waals surface area (Å²) in [5, 5.41) is 0. The van der Waals surface area contributed by atoms with Crippen LogP contribution in [-0.4, -0.2) is 47.9 Å². The quantitative estimate of drug-likeness (QED) is 0.713. The van der Waals surface area contributed by atoms with E-state index in [4.69, 9.17) is 0 Å². The minimum Gasteiger partial charge on any atom is -0.341 e. The summed E-state index contributed by atoms with van der Waals surface area (Å²) < 4.78 is 0. The van der Waals surface area contributed by atoms with Gasteiger partial charge in [-0.05, 0) is 32.4 Å². The molecule has 0 unspecified atom stereocenters. The Morgan fingerprint density at radius 3 is 2.44 bits per heavy atom. The van der Waals surface area contributed by atoms with Crippen LogP contribution in [0.1, 0.15) is 39.5 Å². The number of piperidine rings is 1. The maximum Gasteiger partial charge on any atom is 0.225 e. The number of nitrogens with zero attached hydrogens (tertiary/aromatic N) is 2. The van der Waals surface area contributed by atoms with Gasteiger partial charge in [0.05, 0.1) is 0 Å². The average Bonchev–Trinajstić information content (AvgIpc) is 2.78. The van der Waals surface area contributed by atoms with Crippen LogP contribution in [0.4, 0.5) is 0 Å². The number of likely N-dealkylation sites (tertiary alicyclic amines) is 2. The molecule has 2 aliphatic rings. The molecule has 3 nitrogen and oxygen atoms in total. The van der Waals surface area contributed by atoms with Crippen LogP contribution < -0.4 is 0 Å². The second-order valence-corrected chi connectivity index (χ2v) is 5.48. The lowest BCUT2D eigenvalue weighted by atomic mass is 10.1. The molecule has 0 aromatic heterocycles. The van der Waals surface area contributed by atoms with E-state index in [0.29, 0.717) is 11.9 Å². The molecule has 0 aliphatic carbocycles. The smallest absolute Gasteiger partial charge is 0.225 e. The van der Waals surface area contributed by atoms with Gasteiger partial charge in [0.2, 0.25) is 5.91 Å². The Morgan fingerprint density at radius 1 is 1.12 bits per heavy atom. The van der Waals surface area contributed by atoms with E-state index in [1.54, 1.807) is 0 Å². The van der Waals surface area contributed by atoms with Gasteiger partial charge in [0.15, 0.2) is 0 Å². The summed E-state index contributed by atoms with van der Waals surface area (Å²) in [7, 11) is 0. The molecule has 0 bridgehead atoms. The van der Waals surface area contributed by atoms with Crippen molar-refractivity contribution in [2.75, 3.05) is 26.2 Å². The molecule has 2 aliphatic heterocycles. The summed E-state index contributed by atoms with van der Waals surface area (Å²) in [5.74, 6) is 0.486. The van der Waals surface area contributed by atoms with E-state index in [1.165, 1.54) is 38.8 Å². The largest absolute Gasteiger partial charge is 0.341 e. The minimum absolute atomic E-state index is 0.153. The first-order valence-electron chi connectivity index (χ1n) is 6.71. The highest BCUT2D eigenvalue weighted by Crippen LogP contribution is 2.21. The van der Waals surface area contributed by atoms with Crippen LogP contribution in [0.3, 0.4) is 0 Å². The molecule has 16 heavy (non-hydrogen) atoms. The summed E-state index contributed by atoms with van der Waals surface area (Å²) in [5.41, 5.74) is 0. The SMILES string of the molecule is CC(C)C(=O)N1CC[C@@H](N2CCCCC2)C1. The number of hydrogen-bond donors (Lipinski definition) is 0. The standard InChI is InChI=1S/C13H24N2O/c1-11(2)13(16)15-9-6-12(10-15)14-7-4-3-5-8-14/h11-12H,3-10H2,1-2H3/t12-/m1/s1. The van der Waals surface area contributed by atoms with Crippen molar-refractivity contribution in [1.29, 1.82) is 0 Å². The highest BCUT2D eigenvalue weighted by Gasteiger charge is 2.31. The Kier molecular flexibility index (Phi) is 3.85. The number of rotatable bonds is 2. The third-order valence-electron chi connectivity index (χ3n) is 3.88. The topological polar surface area (TPSA) is 23.6 Å². The lowest BCUT2D eigenvalue weighted by molar-refractivity contribution is -0.133. The van der Waals surface area contributed by atoms with Gasteiger partial charge in [-0.3, -0.25) is 9.69 Å². The molecule has 0 spiro atoms. The highest BCUT2D eigenvalue weighted by molar-refractivity contribution is 5.78. The number of carbonyl (C=O) groups excluding carboxylic acids is 1. The van der Waals surface area contributed by atoms with Crippen LogP contribution in [0.25, 0.3) is 0 Å². The van der Waals surface area contributed by atoms with E-state index in [0.717, 1.165) is 13.1 Å². The van der Waals surface area contributed by atoms with E-state index in [-0.39, 0.29) is 5.92 Å². The monoisotopic (exact) mass is 224 g/mol. The fourth-order valence-electron chi connectivity index (χ4n) is 2.89. The second-order valence-electron chi connectivity index (χ2n) is 5.48. The summed E-state index contributed by atoms with van der Waals surface area (Å²) in [4.78, 5) is 16.5. The van der Waals surface area contributed by atoms with E-state index in [2.05, 4.69) is 9.80 Å². The number of amides is 1. The second kappa shape index (κ2) is 5.17. The highest BCUT2D eigenvalue weighted by atomic mass is 16.2. The molecule has 2 heterocycles. The Morgan fingerprint density at radius 2 is 1.81 bits per heavy atom. The molecule has 0 radical (unpaired) electrons. The van der Waals surface area contributed by atoms with Crippen LogP contribution in [0, 0.1) is 5.92 Å². The first-order valence-corrected chi connectivity index (χ1v) is 6.71. The van der Waals surface area contributed by atoms with Crippen LogP contribution >= 0.6 is 0 Å². The van der Waals surface area contributed by atoms with Crippen LogP contribution in [0.5, 0.6) is 0 Å². The molecule has 2 saturated heterocycles. The molecule has 0 aromatic carbocycles. The molecular weight excluding hydrogens is 200 g/mol. The van der Waals surface area contributed by atoms with E-state index in [1.807, 2.05) is 13.8 Å². The van der Waals surface area contributed by atoms with Crippen molar-refractivity contribution in [3.8, 4) is 0 Å². The first-order chi connectivity index (χ1) is 7.68. The fraction of sp³-hybridized carbons (Fsp3) is 0.923. The summed E-state index contributed by atoms with van der Waals surface area (Å²) in [6.07, 6.45) is 5.25. The Hall–Kier alpha value is -0.570. The van der Waals surface area contributed by atoms with Crippen LogP contribution in [0.2, 0.25) is 0 Å². The lowest BCUT2D eigenvalue weighted by Crippen LogP contribution is -2.42. The Bertz CT molecular complexity index is 246. The Labute approximate surface area is 98.8 Å². The van der Waals surface area contributed by atoms with Gasteiger partial charge in [0.1, 0.15) is 0 Å². The lowest BCUT2D eigenvalue weighted by Gasteiger charge is -2.32. The molecule has 0 aromatic rings. The van der Waals surface area contributed by atoms with Gasteiger partial charge in [0.25, 0.3) is 0 Å². The van der Waals surface area contributed by atoms with Gasteiger partial charge in [0, 0.05) is 25.0 Å². The van der Waals surface area contributed by atoms with Gasteiger partial charge in [-0.25, -0.2) is 0 Å². The van der Waals surface area contributed by atoms with Gasteiger partial charge in [-0.2, -0.15) is 0 Å². The zero-order valence-corrected chi connectivity index (χ0v) is 10.6. The van der Waals surface area contributed by atoms with Crippen molar-refractivity contribution in [2.24, 2.45) is 5.92 Å². The summed E-state index contributed by atoms with van der Waals surface area (Å²) >= 11 is 0. The zero-order chi connectivity index (χ0) is 11.5. The number of hydrogen-bond acceptors (Lipinski definition) is 2. The predicted octanol–water partition coefficient (Wildman–Crippen LogP) is 1.73. The van der Waals surface area contributed by atoms with Crippen molar-refractivity contribution in [3.05, 3.63) is 0 Å². The van der Waals surface area contributed by atoms with Crippen molar-refractivity contribution in [1.82, 2.24) is 9.80 Å². The molecule has 2 fully saturated rings. The molecule has 1 amide bonds. The molecule has 1 atom stereocenters. The molecule has 0 N–H and O–H groups in total. The van der Waals surface area contributed by atoms with Crippen molar-refractivity contribution in [3.63, 3.8) is 0 Å². The van der Waals surface area contributed by atoms with Crippen LogP contribution in [0.15, 0.2) is 0 Å². The molecule has 92 valence electrons. The van der Waals surface area contributed by atoms with Crippen LogP contribution in [-0.2, 0) is 4.79 Å².